The van der Waals surface area contributed by atoms with Gasteiger partial charge in [-0.2, -0.15) is 4.31 Å². The summed E-state index contributed by atoms with van der Waals surface area (Å²) in [5, 5.41) is 2.86. The van der Waals surface area contributed by atoms with Gasteiger partial charge < -0.3 is 11.1 Å². The van der Waals surface area contributed by atoms with Crippen LogP contribution in [0.3, 0.4) is 0 Å². The minimum absolute atomic E-state index is 0.140. The largest absolute Gasteiger partial charge is 0.369 e. The molecule has 0 saturated carbocycles. The first-order valence-corrected chi connectivity index (χ1v) is 11.8. The zero-order valence-electron chi connectivity index (χ0n) is 18.1. The summed E-state index contributed by atoms with van der Waals surface area (Å²) in [6.45, 7) is 6.12. The number of rotatable bonds is 6. The second kappa shape index (κ2) is 9.20. The minimum atomic E-state index is -3.69. The Labute approximate surface area is 183 Å². The molecule has 0 aliphatic carbocycles. The Morgan fingerprint density at radius 2 is 1.71 bits per heavy atom. The third kappa shape index (κ3) is 5.32. The van der Waals surface area contributed by atoms with Gasteiger partial charge in [-0.1, -0.05) is 29.8 Å². The number of nitrogens with one attached hydrogen (secondary N) is 1. The van der Waals surface area contributed by atoms with Gasteiger partial charge in [0.2, 0.25) is 21.8 Å². The molecule has 0 radical (unpaired) electrons. The molecule has 8 heteroatoms. The summed E-state index contributed by atoms with van der Waals surface area (Å²) in [4.78, 5) is 24.2. The average molecular weight is 444 g/mol. The highest BCUT2D eigenvalue weighted by molar-refractivity contribution is 7.89. The smallest absolute Gasteiger partial charge is 0.243 e. The predicted octanol–water partition coefficient (Wildman–Crippen LogP) is 2.68. The van der Waals surface area contributed by atoms with Crippen LogP contribution in [0.1, 0.15) is 35.1 Å². The molecule has 1 atom stereocenters. The van der Waals surface area contributed by atoms with E-state index in [-0.39, 0.29) is 18.9 Å². The Bertz CT molecular complexity index is 1070. The quantitative estimate of drug-likeness (QED) is 0.715. The first-order chi connectivity index (χ1) is 14.6. The number of amides is 2. The van der Waals surface area contributed by atoms with Crippen LogP contribution in [0.2, 0.25) is 0 Å². The Morgan fingerprint density at radius 3 is 2.29 bits per heavy atom. The minimum Gasteiger partial charge on any atom is -0.369 e. The second-order valence-corrected chi connectivity index (χ2v) is 10.1. The van der Waals surface area contributed by atoms with Gasteiger partial charge in [0.25, 0.3) is 0 Å². The first-order valence-electron chi connectivity index (χ1n) is 10.3. The third-order valence-electron chi connectivity index (χ3n) is 5.56. The molecule has 3 rings (SSSR count). The van der Waals surface area contributed by atoms with Crippen LogP contribution in [-0.4, -0.2) is 37.6 Å². The van der Waals surface area contributed by atoms with E-state index in [9.17, 15) is 18.0 Å². The average Bonchev–Trinajstić information content (AvgIpc) is 2.68. The summed E-state index contributed by atoms with van der Waals surface area (Å²) in [6, 6.07) is 10.6. The molecular formula is C23H29N3O4S. The van der Waals surface area contributed by atoms with Crippen molar-refractivity contribution in [3.63, 3.8) is 0 Å². The second-order valence-electron chi connectivity index (χ2n) is 8.26. The van der Waals surface area contributed by atoms with Gasteiger partial charge in [0.1, 0.15) is 0 Å². The van der Waals surface area contributed by atoms with Gasteiger partial charge in [0, 0.05) is 18.8 Å². The molecule has 31 heavy (non-hydrogen) atoms. The van der Waals surface area contributed by atoms with Crippen molar-refractivity contribution in [1.82, 2.24) is 4.31 Å². The summed E-state index contributed by atoms with van der Waals surface area (Å²) >= 11 is 0. The van der Waals surface area contributed by atoms with E-state index in [4.69, 9.17) is 5.73 Å². The number of benzene rings is 2. The van der Waals surface area contributed by atoms with E-state index in [0.29, 0.717) is 30.0 Å². The number of sulfonamides is 1. The number of aryl methyl sites for hydroxylation is 3. The molecule has 2 aromatic carbocycles. The maximum absolute atomic E-state index is 13.3. The van der Waals surface area contributed by atoms with Crippen LogP contribution < -0.4 is 11.1 Å². The monoisotopic (exact) mass is 443 g/mol. The highest BCUT2D eigenvalue weighted by Gasteiger charge is 2.34. The lowest BCUT2D eigenvalue weighted by Gasteiger charge is -2.32. The zero-order valence-corrected chi connectivity index (χ0v) is 19.0. The van der Waals surface area contributed by atoms with Crippen molar-refractivity contribution >= 4 is 27.5 Å². The Hall–Kier alpha value is -2.71. The van der Waals surface area contributed by atoms with Crippen LogP contribution in [0.25, 0.3) is 0 Å². The zero-order chi connectivity index (χ0) is 22.8. The maximum Gasteiger partial charge on any atom is 0.243 e. The van der Waals surface area contributed by atoms with Crippen LogP contribution in [0.15, 0.2) is 41.3 Å². The SMILES string of the molecule is Cc1cc(C)c(S(=O)(=O)N2CCCC(C(=O)Nc3ccc(CC(N)=O)cc3)C2)c(C)c1. The number of carbonyl (C=O) groups is 2. The van der Waals surface area contributed by atoms with Crippen LogP contribution in [-0.2, 0) is 26.0 Å². The van der Waals surface area contributed by atoms with Gasteiger partial charge in [-0.25, -0.2) is 8.42 Å². The third-order valence-corrected chi connectivity index (χ3v) is 7.73. The number of primary amides is 1. The Balaban J connectivity index is 1.73. The van der Waals surface area contributed by atoms with E-state index in [1.165, 1.54) is 4.31 Å². The van der Waals surface area contributed by atoms with Crippen LogP contribution in [0, 0.1) is 26.7 Å². The molecule has 166 valence electrons. The number of hydrogen-bond donors (Lipinski definition) is 2. The van der Waals surface area contributed by atoms with E-state index in [2.05, 4.69) is 5.32 Å². The lowest BCUT2D eigenvalue weighted by atomic mass is 9.98. The first kappa shape index (κ1) is 23.0. The molecule has 0 aromatic heterocycles. The van der Waals surface area contributed by atoms with Crippen molar-refractivity contribution in [2.45, 2.75) is 44.9 Å². The van der Waals surface area contributed by atoms with Gasteiger partial charge in [-0.3, -0.25) is 9.59 Å². The van der Waals surface area contributed by atoms with Crippen molar-refractivity contribution in [3.05, 3.63) is 58.7 Å². The molecule has 0 bridgehead atoms. The van der Waals surface area contributed by atoms with Gasteiger partial charge >= 0.3 is 0 Å². The Kier molecular flexibility index (Phi) is 6.81. The topological polar surface area (TPSA) is 110 Å². The standard InChI is InChI=1S/C23H29N3O4S/c1-15-11-16(2)22(17(3)12-15)31(29,30)26-10-4-5-19(14-26)23(28)25-20-8-6-18(7-9-20)13-21(24)27/h6-9,11-12,19H,4-5,10,13-14H2,1-3H3,(H2,24,27)(H,25,28). The van der Waals surface area contributed by atoms with Gasteiger partial charge in [0.15, 0.2) is 0 Å². The molecule has 1 aliphatic rings. The summed E-state index contributed by atoms with van der Waals surface area (Å²) in [5.74, 6) is -1.06. The van der Waals surface area contributed by atoms with Crippen LogP contribution in [0.5, 0.6) is 0 Å². The summed E-state index contributed by atoms with van der Waals surface area (Å²) < 4.78 is 28.1. The Morgan fingerprint density at radius 1 is 1.10 bits per heavy atom. The van der Waals surface area contributed by atoms with Crippen molar-refractivity contribution in [2.24, 2.45) is 11.7 Å². The molecule has 3 N–H and O–H groups in total. The number of piperidine rings is 1. The molecule has 0 spiro atoms. The molecule has 1 saturated heterocycles. The fraction of sp³-hybridized carbons (Fsp3) is 0.391. The number of nitrogens with zero attached hydrogens (tertiary/aromatic N) is 1. The van der Waals surface area contributed by atoms with Crippen LogP contribution in [0.4, 0.5) is 5.69 Å². The van der Waals surface area contributed by atoms with Crippen molar-refractivity contribution in [1.29, 1.82) is 0 Å². The molecule has 1 fully saturated rings. The lowest BCUT2D eigenvalue weighted by molar-refractivity contribution is -0.121. The highest BCUT2D eigenvalue weighted by atomic mass is 32.2. The molecule has 2 amide bonds. The van der Waals surface area contributed by atoms with Gasteiger partial charge in [0.05, 0.1) is 17.2 Å². The fourth-order valence-corrected chi connectivity index (χ4v) is 6.16. The highest BCUT2D eigenvalue weighted by Crippen LogP contribution is 2.29. The molecule has 1 unspecified atom stereocenters. The lowest BCUT2D eigenvalue weighted by Crippen LogP contribution is -2.44. The number of anilines is 1. The van der Waals surface area contributed by atoms with Crippen molar-refractivity contribution < 1.29 is 18.0 Å². The maximum atomic E-state index is 13.3. The summed E-state index contributed by atoms with van der Waals surface area (Å²) in [5.41, 5.74) is 9.03. The number of carbonyl (C=O) groups excluding carboxylic acids is 2. The van der Waals surface area contributed by atoms with E-state index in [0.717, 1.165) is 22.3 Å². The molecule has 1 heterocycles. The van der Waals surface area contributed by atoms with E-state index < -0.39 is 21.8 Å². The molecule has 1 aliphatic heterocycles. The molecule has 2 aromatic rings. The fourth-order valence-electron chi connectivity index (χ4n) is 4.23. The van der Waals surface area contributed by atoms with Gasteiger partial charge in [-0.05, 0) is 62.4 Å². The van der Waals surface area contributed by atoms with E-state index in [1.807, 2.05) is 32.9 Å². The number of hydrogen-bond acceptors (Lipinski definition) is 4. The van der Waals surface area contributed by atoms with E-state index >= 15 is 0 Å². The van der Waals surface area contributed by atoms with Crippen LogP contribution >= 0.6 is 0 Å². The van der Waals surface area contributed by atoms with Gasteiger partial charge in [-0.15, -0.1) is 0 Å². The van der Waals surface area contributed by atoms with E-state index in [1.54, 1.807) is 24.3 Å². The summed E-state index contributed by atoms with van der Waals surface area (Å²) in [6.07, 6.45) is 1.39. The molecular weight excluding hydrogens is 414 g/mol. The predicted molar refractivity (Wildman–Crippen MR) is 120 cm³/mol. The summed E-state index contributed by atoms with van der Waals surface area (Å²) in [7, 11) is -3.69. The van der Waals surface area contributed by atoms with Crippen molar-refractivity contribution in [3.8, 4) is 0 Å². The number of nitrogens with two attached hydrogens (primary N) is 1. The normalized spacial score (nSPS) is 17.3. The molecule has 7 nitrogen and oxygen atoms in total. The van der Waals surface area contributed by atoms with Crippen molar-refractivity contribution in [2.75, 3.05) is 18.4 Å².